The lowest BCUT2D eigenvalue weighted by Gasteiger charge is -2.22. The van der Waals surface area contributed by atoms with Crippen molar-refractivity contribution in [3.63, 3.8) is 0 Å². The maximum atomic E-state index is 12.0. The van der Waals surface area contributed by atoms with Crippen LogP contribution in [0.3, 0.4) is 0 Å². The van der Waals surface area contributed by atoms with Gasteiger partial charge < -0.3 is 19.9 Å². The quantitative estimate of drug-likeness (QED) is 0.349. The minimum atomic E-state index is -1.62. The highest BCUT2D eigenvalue weighted by Crippen LogP contribution is 2.24. The molecule has 0 bridgehead atoms. The minimum Gasteiger partial charge on any atom is -0.462 e. The van der Waals surface area contributed by atoms with Crippen molar-refractivity contribution in [2.75, 3.05) is 18.9 Å². The number of nitrogens with two attached hydrogens (primary N) is 2. The van der Waals surface area contributed by atoms with Crippen LogP contribution in [0.4, 0.5) is 5.69 Å². The average molecular weight is 296 g/mol. The van der Waals surface area contributed by atoms with Crippen LogP contribution < -0.4 is 16.2 Å². The third-order valence-corrected chi connectivity index (χ3v) is 2.55. The Kier molecular flexibility index (Phi) is 5.69. The van der Waals surface area contributed by atoms with Gasteiger partial charge in [-0.2, -0.15) is 0 Å². The summed E-state index contributed by atoms with van der Waals surface area (Å²) in [6.07, 6.45) is 0. The van der Waals surface area contributed by atoms with Gasteiger partial charge in [0.2, 0.25) is 5.72 Å². The summed E-state index contributed by atoms with van der Waals surface area (Å²) in [6.45, 7) is 5.18. The minimum absolute atomic E-state index is 0.0187. The van der Waals surface area contributed by atoms with E-state index in [1.165, 1.54) is 25.1 Å². The Balaban J connectivity index is 3.04. The van der Waals surface area contributed by atoms with Gasteiger partial charge in [-0.1, -0.05) is 0 Å². The van der Waals surface area contributed by atoms with Crippen LogP contribution >= 0.6 is 0 Å². The van der Waals surface area contributed by atoms with Gasteiger partial charge in [0.15, 0.2) is 0 Å². The molecule has 116 valence electrons. The second kappa shape index (κ2) is 7.05. The summed E-state index contributed by atoms with van der Waals surface area (Å²) in [7, 11) is 0. The summed E-state index contributed by atoms with van der Waals surface area (Å²) in [5.41, 5.74) is 10.1. The monoisotopic (exact) mass is 296 g/mol. The lowest BCUT2D eigenvalue weighted by atomic mass is 10.2. The van der Waals surface area contributed by atoms with Gasteiger partial charge in [0.05, 0.1) is 6.61 Å². The van der Waals surface area contributed by atoms with Crippen molar-refractivity contribution in [2.24, 2.45) is 5.73 Å². The fraction of sp³-hybridized carbons (Fsp3) is 0.429. The molecule has 0 radical (unpaired) electrons. The standard InChI is InChI=1S/C14H20N2O5/c1-4-19-12(17)10-7-6-9(15)8-11(10)21-13(18)14(3,16)20-5-2/h6-8H,4-5,15-16H2,1-3H3. The molecule has 0 spiro atoms. The molecule has 0 aliphatic rings. The lowest BCUT2D eigenvalue weighted by molar-refractivity contribution is -0.159. The van der Waals surface area contributed by atoms with Crippen molar-refractivity contribution in [2.45, 2.75) is 26.5 Å². The summed E-state index contributed by atoms with van der Waals surface area (Å²) in [4.78, 5) is 23.8. The van der Waals surface area contributed by atoms with E-state index in [0.717, 1.165) is 0 Å². The number of ether oxygens (including phenoxy) is 3. The Morgan fingerprint density at radius 2 is 1.90 bits per heavy atom. The van der Waals surface area contributed by atoms with Crippen LogP contribution in [-0.2, 0) is 14.3 Å². The van der Waals surface area contributed by atoms with Gasteiger partial charge in [0, 0.05) is 18.4 Å². The van der Waals surface area contributed by atoms with E-state index in [0.29, 0.717) is 5.69 Å². The topological polar surface area (TPSA) is 114 Å². The van der Waals surface area contributed by atoms with Crippen LogP contribution in [0.25, 0.3) is 0 Å². The van der Waals surface area contributed by atoms with E-state index in [1.54, 1.807) is 13.8 Å². The largest absolute Gasteiger partial charge is 0.462 e. The van der Waals surface area contributed by atoms with E-state index in [9.17, 15) is 9.59 Å². The first-order chi connectivity index (χ1) is 9.81. The Labute approximate surface area is 123 Å². The molecule has 1 rings (SSSR count). The fourth-order valence-corrected chi connectivity index (χ4v) is 1.56. The van der Waals surface area contributed by atoms with Gasteiger partial charge in [-0.05, 0) is 32.9 Å². The Bertz CT molecular complexity index is 528. The SMILES string of the molecule is CCOC(=O)c1ccc(N)cc1OC(=O)C(C)(N)OCC. The molecule has 4 N–H and O–H groups in total. The van der Waals surface area contributed by atoms with Crippen LogP contribution in [0.1, 0.15) is 31.1 Å². The van der Waals surface area contributed by atoms with Crippen LogP contribution in [0.5, 0.6) is 5.75 Å². The van der Waals surface area contributed by atoms with Crippen molar-refractivity contribution in [1.29, 1.82) is 0 Å². The number of nitrogen functional groups attached to an aromatic ring is 1. The van der Waals surface area contributed by atoms with Crippen LogP contribution in [-0.4, -0.2) is 30.9 Å². The first-order valence-electron chi connectivity index (χ1n) is 6.53. The highest BCUT2D eigenvalue weighted by atomic mass is 16.6. The van der Waals surface area contributed by atoms with E-state index in [4.69, 9.17) is 25.7 Å². The van der Waals surface area contributed by atoms with Gasteiger partial charge >= 0.3 is 11.9 Å². The molecule has 0 aliphatic heterocycles. The Hall–Kier alpha value is -2.12. The van der Waals surface area contributed by atoms with Gasteiger partial charge in [-0.25, -0.2) is 9.59 Å². The number of anilines is 1. The van der Waals surface area contributed by atoms with E-state index >= 15 is 0 Å². The van der Waals surface area contributed by atoms with Crippen molar-refractivity contribution >= 4 is 17.6 Å². The number of rotatable bonds is 6. The van der Waals surface area contributed by atoms with E-state index in [2.05, 4.69) is 0 Å². The number of hydrogen-bond donors (Lipinski definition) is 2. The zero-order valence-electron chi connectivity index (χ0n) is 12.3. The summed E-state index contributed by atoms with van der Waals surface area (Å²) in [5, 5.41) is 0. The van der Waals surface area contributed by atoms with Crippen molar-refractivity contribution in [3.8, 4) is 5.75 Å². The first kappa shape index (κ1) is 16.9. The number of benzene rings is 1. The lowest BCUT2D eigenvalue weighted by Crippen LogP contribution is -2.50. The summed E-state index contributed by atoms with van der Waals surface area (Å²) >= 11 is 0. The second-order valence-electron chi connectivity index (χ2n) is 4.41. The molecular weight excluding hydrogens is 276 g/mol. The van der Waals surface area contributed by atoms with Gasteiger partial charge in [0.25, 0.3) is 0 Å². The third-order valence-electron chi connectivity index (χ3n) is 2.55. The Morgan fingerprint density at radius 3 is 2.48 bits per heavy atom. The molecule has 0 aromatic heterocycles. The predicted molar refractivity (Wildman–Crippen MR) is 76.7 cm³/mol. The molecule has 1 atom stereocenters. The maximum Gasteiger partial charge on any atom is 0.358 e. The number of esters is 2. The van der Waals surface area contributed by atoms with Crippen molar-refractivity contribution in [1.82, 2.24) is 0 Å². The maximum absolute atomic E-state index is 12.0. The number of hydrogen-bond acceptors (Lipinski definition) is 7. The zero-order chi connectivity index (χ0) is 16.0. The average Bonchev–Trinajstić information content (AvgIpc) is 2.38. The van der Waals surface area contributed by atoms with Crippen LogP contribution in [0.2, 0.25) is 0 Å². The van der Waals surface area contributed by atoms with Gasteiger partial charge in [0.1, 0.15) is 11.3 Å². The van der Waals surface area contributed by atoms with Gasteiger partial charge in [-0.3, -0.25) is 5.73 Å². The molecule has 0 saturated heterocycles. The smallest absolute Gasteiger partial charge is 0.358 e. The molecule has 0 saturated carbocycles. The van der Waals surface area contributed by atoms with Crippen molar-refractivity contribution < 1.29 is 23.8 Å². The number of carbonyl (C=O) groups is 2. The summed E-state index contributed by atoms with van der Waals surface area (Å²) in [5.74, 6) is -1.47. The van der Waals surface area contributed by atoms with E-state index < -0.39 is 17.7 Å². The molecule has 7 heteroatoms. The first-order valence-corrected chi connectivity index (χ1v) is 6.53. The third kappa shape index (κ3) is 4.44. The zero-order valence-corrected chi connectivity index (χ0v) is 12.3. The van der Waals surface area contributed by atoms with Crippen LogP contribution in [0, 0.1) is 0 Å². The molecule has 7 nitrogen and oxygen atoms in total. The highest BCUT2D eigenvalue weighted by Gasteiger charge is 2.32. The predicted octanol–water partition coefficient (Wildman–Crippen LogP) is 1.06. The highest BCUT2D eigenvalue weighted by molar-refractivity contribution is 5.94. The molecule has 1 unspecified atom stereocenters. The molecule has 1 aromatic carbocycles. The molecule has 1 aromatic rings. The van der Waals surface area contributed by atoms with E-state index in [1.807, 2.05) is 0 Å². The molecule has 0 fully saturated rings. The Morgan fingerprint density at radius 1 is 1.24 bits per heavy atom. The van der Waals surface area contributed by atoms with Gasteiger partial charge in [-0.15, -0.1) is 0 Å². The molecule has 0 aliphatic carbocycles. The molecule has 0 heterocycles. The second-order valence-corrected chi connectivity index (χ2v) is 4.41. The van der Waals surface area contributed by atoms with Crippen molar-refractivity contribution in [3.05, 3.63) is 23.8 Å². The fourth-order valence-electron chi connectivity index (χ4n) is 1.56. The summed E-state index contributed by atoms with van der Waals surface area (Å²) < 4.78 is 15.1. The normalized spacial score (nSPS) is 13.3. The summed E-state index contributed by atoms with van der Waals surface area (Å²) in [6, 6.07) is 4.28. The van der Waals surface area contributed by atoms with E-state index in [-0.39, 0.29) is 24.5 Å². The number of carbonyl (C=O) groups excluding carboxylic acids is 2. The van der Waals surface area contributed by atoms with Crippen LogP contribution in [0.15, 0.2) is 18.2 Å². The molecule has 0 amide bonds. The molecular formula is C14H20N2O5. The molecule has 21 heavy (non-hydrogen) atoms.